The summed E-state index contributed by atoms with van der Waals surface area (Å²) in [5, 5.41) is 3.51. The Kier molecular flexibility index (Phi) is 2.92. The van der Waals surface area contributed by atoms with Gasteiger partial charge >= 0.3 is 0 Å². The second-order valence-corrected chi connectivity index (χ2v) is 4.29. The third-order valence-corrected chi connectivity index (χ3v) is 3.04. The topological polar surface area (TPSA) is 25.2 Å². The third kappa shape index (κ3) is 2.01. The molecule has 0 aliphatic carbocycles. The van der Waals surface area contributed by atoms with Gasteiger partial charge in [-0.05, 0) is 37.4 Å². The summed E-state index contributed by atoms with van der Waals surface area (Å²) in [4.78, 5) is 0. The predicted octanol–water partition coefficient (Wildman–Crippen LogP) is 2.90. The molecule has 2 nitrogen and oxygen atoms in total. The molecule has 14 heavy (non-hydrogen) atoms. The van der Waals surface area contributed by atoms with Crippen LogP contribution in [0.2, 0.25) is 0 Å². The van der Waals surface area contributed by atoms with Crippen LogP contribution in [0.4, 0.5) is 0 Å². The van der Waals surface area contributed by atoms with E-state index < -0.39 is 0 Å². The van der Waals surface area contributed by atoms with Crippen molar-refractivity contribution in [2.24, 2.45) is 5.92 Å². The summed E-state index contributed by atoms with van der Waals surface area (Å²) >= 11 is 0. The van der Waals surface area contributed by atoms with Gasteiger partial charge in [0.1, 0.15) is 11.5 Å². The van der Waals surface area contributed by atoms with Gasteiger partial charge in [0.15, 0.2) is 0 Å². The highest BCUT2D eigenvalue weighted by Crippen LogP contribution is 2.28. The molecule has 0 radical (unpaired) electrons. The first kappa shape index (κ1) is 9.78. The molecule has 1 saturated heterocycles. The zero-order valence-corrected chi connectivity index (χ0v) is 9.05. The Morgan fingerprint density at radius 1 is 1.50 bits per heavy atom. The van der Waals surface area contributed by atoms with Crippen LogP contribution in [0, 0.1) is 5.92 Å². The van der Waals surface area contributed by atoms with Gasteiger partial charge in [-0.1, -0.05) is 13.8 Å². The molecule has 1 fully saturated rings. The van der Waals surface area contributed by atoms with Crippen LogP contribution in [-0.2, 0) is 6.42 Å². The Morgan fingerprint density at radius 3 is 3.00 bits per heavy atom. The fourth-order valence-electron chi connectivity index (χ4n) is 2.10. The molecule has 2 heterocycles. The van der Waals surface area contributed by atoms with Crippen LogP contribution >= 0.6 is 0 Å². The molecular formula is C12H19NO. The summed E-state index contributed by atoms with van der Waals surface area (Å²) in [6.45, 7) is 5.56. The van der Waals surface area contributed by atoms with Gasteiger partial charge in [-0.2, -0.15) is 0 Å². The predicted molar refractivity (Wildman–Crippen MR) is 57.2 cm³/mol. The molecule has 1 aromatic rings. The van der Waals surface area contributed by atoms with Crippen molar-refractivity contribution in [3.8, 4) is 0 Å². The van der Waals surface area contributed by atoms with E-state index in [1.54, 1.807) is 0 Å². The summed E-state index contributed by atoms with van der Waals surface area (Å²) in [6.07, 6.45) is 3.48. The minimum absolute atomic E-state index is 0.444. The SMILES string of the molecule is CCc1ccc([C@H]2C[C@H](C)CCN2)o1. The van der Waals surface area contributed by atoms with Crippen LogP contribution in [0.1, 0.15) is 44.3 Å². The maximum absolute atomic E-state index is 5.76. The Bertz CT molecular complexity index is 292. The van der Waals surface area contributed by atoms with E-state index in [0.717, 1.165) is 30.4 Å². The van der Waals surface area contributed by atoms with Gasteiger partial charge in [0.25, 0.3) is 0 Å². The van der Waals surface area contributed by atoms with Crippen LogP contribution in [0.5, 0.6) is 0 Å². The number of hydrogen-bond donors (Lipinski definition) is 1. The lowest BCUT2D eigenvalue weighted by atomic mass is 9.93. The first-order valence-electron chi connectivity index (χ1n) is 5.61. The number of nitrogens with one attached hydrogen (secondary N) is 1. The number of aryl methyl sites for hydroxylation is 1. The lowest BCUT2D eigenvalue weighted by molar-refractivity contribution is 0.285. The minimum Gasteiger partial charge on any atom is -0.464 e. The second-order valence-electron chi connectivity index (χ2n) is 4.29. The van der Waals surface area contributed by atoms with E-state index in [-0.39, 0.29) is 0 Å². The minimum atomic E-state index is 0.444. The monoisotopic (exact) mass is 193 g/mol. The molecule has 0 aromatic carbocycles. The molecule has 0 spiro atoms. The van der Waals surface area contributed by atoms with Gasteiger partial charge in [-0.3, -0.25) is 0 Å². The average molecular weight is 193 g/mol. The molecule has 2 rings (SSSR count). The van der Waals surface area contributed by atoms with Gasteiger partial charge in [-0.25, -0.2) is 0 Å². The van der Waals surface area contributed by atoms with Crippen molar-refractivity contribution in [3.63, 3.8) is 0 Å². The molecule has 1 aliphatic rings. The smallest absolute Gasteiger partial charge is 0.121 e. The van der Waals surface area contributed by atoms with Crippen LogP contribution in [0.15, 0.2) is 16.5 Å². The van der Waals surface area contributed by atoms with E-state index in [1.807, 2.05) is 0 Å². The average Bonchev–Trinajstić information content (AvgIpc) is 2.66. The Labute approximate surface area is 85.7 Å². The highest BCUT2D eigenvalue weighted by Gasteiger charge is 2.21. The van der Waals surface area contributed by atoms with E-state index in [4.69, 9.17) is 4.42 Å². The van der Waals surface area contributed by atoms with E-state index >= 15 is 0 Å². The largest absolute Gasteiger partial charge is 0.464 e. The molecule has 2 heteroatoms. The Balaban J connectivity index is 2.06. The van der Waals surface area contributed by atoms with Crippen molar-refractivity contribution in [2.75, 3.05) is 6.54 Å². The lowest BCUT2D eigenvalue weighted by Gasteiger charge is -2.26. The highest BCUT2D eigenvalue weighted by molar-refractivity contribution is 5.11. The van der Waals surface area contributed by atoms with E-state index in [1.165, 1.54) is 12.8 Å². The normalized spacial score (nSPS) is 27.9. The highest BCUT2D eigenvalue weighted by atomic mass is 16.3. The molecule has 0 saturated carbocycles. The van der Waals surface area contributed by atoms with Crippen LogP contribution in [0.3, 0.4) is 0 Å². The molecule has 1 aromatic heterocycles. The number of hydrogen-bond acceptors (Lipinski definition) is 2. The van der Waals surface area contributed by atoms with Crippen molar-refractivity contribution in [3.05, 3.63) is 23.7 Å². The van der Waals surface area contributed by atoms with Gasteiger partial charge in [0.2, 0.25) is 0 Å². The number of furan rings is 1. The maximum atomic E-state index is 5.76. The lowest BCUT2D eigenvalue weighted by Crippen LogP contribution is -2.30. The summed E-state index contributed by atoms with van der Waals surface area (Å²) in [7, 11) is 0. The summed E-state index contributed by atoms with van der Waals surface area (Å²) in [5.74, 6) is 3.03. The first-order chi connectivity index (χ1) is 6.79. The van der Waals surface area contributed by atoms with Crippen molar-refractivity contribution < 1.29 is 4.42 Å². The zero-order valence-electron chi connectivity index (χ0n) is 9.05. The standard InChI is InChI=1S/C12H19NO/c1-3-10-4-5-12(14-10)11-8-9(2)6-7-13-11/h4-5,9,11,13H,3,6-8H2,1-2H3/t9-,11-/m1/s1. The second kappa shape index (κ2) is 4.18. The fraction of sp³-hybridized carbons (Fsp3) is 0.667. The zero-order chi connectivity index (χ0) is 9.97. The van der Waals surface area contributed by atoms with Crippen LogP contribution in [-0.4, -0.2) is 6.54 Å². The van der Waals surface area contributed by atoms with Crippen molar-refractivity contribution in [1.29, 1.82) is 0 Å². The first-order valence-corrected chi connectivity index (χ1v) is 5.61. The third-order valence-electron chi connectivity index (χ3n) is 3.04. The molecule has 0 unspecified atom stereocenters. The van der Waals surface area contributed by atoms with Crippen molar-refractivity contribution in [2.45, 2.75) is 39.2 Å². The summed E-state index contributed by atoms with van der Waals surface area (Å²) in [6, 6.07) is 4.66. The van der Waals surface area contributed by atoms with E-state index in [9.17, 15) is 0 Å². The van der Waals surface area contributed by atoms with Gasteiger partial charge < -0.3 is 9.73 Å². The van der Waals surface area contributed by atoms with E-state index in [0.29, 0.717) is 6.04 Å². The Hall–Kier alpha value is -0.760. The van der Waals surface area contributed by atoms with Gasteiger partial charge in [-0.15, -0.1) is 0 Å². The van der Waals surface area contributed by atoms with Crippen molar-refractivity contribution >= 4 is 0 Å². The number of piperidine rings is 1. The van der Waals surface area contributed by atoms with Gasteiger partial charge in [0.05, 0.1) is 6.04 Å². The molecule has 1 aliphatic heterocycles. The molecular weight excluding hydrogens is 174 g/mol. The van der Waals surface area contributed by atoms with Crippen LogP contribution < -0.4 is 5.32 Å². The molecule has 0 amide bonds. The molecule has 1 N–H and O–H groups in total. The Morgan fingerprint density at radius 2 is 2.36 bits per heavy atom. The summed E-state index contributed by atoms with van der Waals surface area (Å²) in [5.41, 5.74) is 0. The molecule has 2 atom stereocenters. The van der Waals surface area contributed by atoms with Gasteiger partial charge in [0, 0.05) is 6.42 Å². The number of rotatable bonds is 2. The van der Waals surface area contributed by atoms with Crippen molar-refractivity contribution in [1.82, 2.24) is 5.32 Å². The fourth-order valence-corrected chi connectivity index (χ4v) is 2.10. The summed E-state index contributed by atoms with van der Waals surface area (Å²) < 4.78 is 5.76. The van der Waals surface area contributed by atoms with Crippen LogP contribution in [0.25, 0.3) is 0 Å². The quantitative estimate of drug-likeness (QED) is 0.781. The van der Waals surface area contributed by atoms with E-state index in [2.05, 4.69) is 31.3 Å². The molecule has 78 valence electrons. The maximum Gasteiger partial charge on any atom is 0.121 e. The molecule has 0 bridgehead atoms.